The van der Waals surface area contributed by atoms with Gasteiger partial charge in [-0.1, -0.05) is 93.3 Å². The van der Waals surface area contributed by atoms with Crippen molar-refractivity contribution in [3.8, 4) is 28.3 Å². The lowest BCUT2D eigenvalue weighted by Crippen LogP contribution is -2.05. The maximum absolute atomic E-state index is 6.12. The Labute approximate surface area is 168 Å². The third-order valence-electron chi connectivity index (χ3n) is 4.78. The summed E-state index contributed by atoms with van der Waals surface area (Å²) in [6.45, 7) is 3.19. The van der Waals surface area contributed by atoms with Crippen LogP contribution in [0.15, 0.2) is 60.7 Å². The Balaban J connectivity index is 1.74. The second kappa shape index (κ2) is 10.7. The molecule has 0 aliphatic heterocycles. The molecule has 0 aliphatic carbocycles. The summed E-state index contributed by atoms with van der Waals surface area (Å²) in [7, 11) is 1.95. The molecule has 0 atom stereocenters. The number of hydrogen-bond donors (Lipinski definition) is 0. The molecule has 0 bridgehead atoms. The van der Waals surface area contributed by atoms with Crippen LogP contribution >= 0.6 is 0 Å². The van der Waals surface area contributed by atoms with Crippen LogP contribution in [0.1, 0.15) is 39.0 Å². The van der Waals surface area contributed by atoms with Crippen molar-refractivity contribution < 1.29 is 9.47 Å². The number of benzene rings is 2. The van der Waals surface area contributed by atoms with Crippen LogP contribution in [-0.2, 0) is 11.8 Å². The predicted octanol–water partition coefficient (Wildman–Crippen LogP) is 6.08. The first-order chi connectivity index (χ1) is 13.8. The van der Waals surface area contributed by atoms with Crippen LogP contribution in [0.25, 0.3) is 22.5 Å². The Morgan fingerprint density at radius 3 is 2.14 bits per heavy atom. The normalized spacial score (nSPS) is 10.9. The Bertz CT molecular complexity index is 829. The second-order valence-electron chi connectivity index (χ2n) is 6.97. The molecule has 2 aromatic carbocycles. The zero-order chi connectivity index (χ0) is 19.6. The molecule has 0 radical (unpaired) electrons. The third kappa shape index (κ3) is 5.23. The maximum atomic E-state index is 6.12. The zero-order valence-corrected chi connectivity index (χ0v) is 16.9. The summed E-state index contributed by atoms with van der Waals surface area (Å²) in [5.41, 5.74) is 3.92. The molecular weight excluding hydrogens is 348 g/mol. The van der Waals surface area contributed by atoms with Crippen LogP contribution in [-0.4, -0.2) is 23.2 Å². The SMILES string of the molecule is CCCCCCCOCOc1c(-c2ccccc2)nn(C)c1-c1ccccc1. The van der Waals surface area contributed by atoms with Crippen molar-refractivity contribution in [3.05, 3.63) is 60.7 Å². The summed E-state index contributed by atoms with van der Waals surface area (Å²) in [6.07, 6.45) is 6.13. The highest BCUT2D eigenvalue weighted by molar-refractivity contribution is 5.78. The first-order valence-corrected chi connectivity index (χ1v) is 10.2. The number of unbranched alkanes of at least 4 members (excludes halogenated alkanes) is 4. The van der Waals surface area contributed by atoms with E-state index in [1.165, 1.54) is 25.7 Å². The molecule has 4 nitrogen and oxygen atoms in total. The predicted molar refractivity (Wildman–Crippen MR) is 114 cm³/mol. The van der Waals surface area contributed by atoms with E-state index in [2.05, 4.69) is 31.2 Å². The molecule has 0 unspecified atom stereocenters. The van der Waals surface area contributed by atoms with Gasteiger partial charge in [0.25, 0.3) is 0 Å². The van der Waals surface area contributed by atoms with Gasteiger partial charge in [0.1, 0.15) is 11.4 Å². The van der Waals surface area contributed by atoms with E-state index in [-0.39, 0.29) is 6.79 Å². The lowest BCUT2D eigenvalue weighted by Gasteiger charge is -2.11. The van der Waals surface area contributed by atoms with E-state index in [0.29, 0.717) is 0 Å². The fourth-order valence-corrected chi connectivity index (χ4v) is 3.31. The number of ether oxygens (including phenoxy) is 2. The van der Waals surface area contributed by atoms with E-state index < -0.39 is 0 Å². The minimum atomic E-state index is 0.235. The highest BCUT2D eigenvalue weighted by Crippen LogP contribution is 2.38. The molecule has 3 aromatic rings. The third-order valence-corrected chi connectivity index (χ3v) is 4.78. The first kappa shape index (κ1) is 20.2. The van der Waals surface area contributed by atoms with Gasteiger partial charge in [-0.2, -0.15) is 5.10 Å². The van der Waals surface area contributed by atoms with Gasteiger partial charge in [0.2, 0.25) is 0 Å². The molecular formula is C24H30N2O2. The van der Waals surface area contributed by atoms with Crippen molar-refractivity contribution in [2.75, 3.05) is 13.4 Å². The number of nitrogens with zero attached hydrogens (tertiary/aromatic N) is 2. The Morgan fingerprint density at radius 2 is 1.46 bits per heavy atom. The van der Waals surface area contributed by atoms with Gasteiger partial charge in [0.05, 0.1) is 6.61 Å². The molecule has 0 amide bonds. The van der Waals surface area contributed by atoms with Crippen molar-refractivity contribution in [2.24, 2.45) is 7.05 Å². The summed E-state index contributed by atoms with van der Waals surface area (Å²) >= 11 is 0. The summed E-state index contributed by atoms with van der Waals surface area (Å²) in [6, 6.07) is 20.4. The minimum Gasteiger partial charge on any atom is -0.463 e. The highest BCUT2D eigenvalue weighted by Gasteiger charge is 2.20. The van der Waals surface area contributed by atoms with E-state index in [4.69, 9.17) is 14.6 Å². The van der Waals surface area contributed by atoms with Crippen LogP contribution in [0.3, 0.4) is 0 Å². The molecule has 148 valence electrons. The molecule has 1 aromatic heterocycles. The number of aromatic nitrogens is 2. The zero-order valence-electron chi connectivity index (χ0n) is 16.9. The number of hydrogen-bond acceptors (Lipinski definition) is 3. The Hall–Kier alpha value is -2.59. The molecule has 1 heterocycles. The number of aryl methyl sites for hydroxylation is 1. The van der Waals surface area contributed by atoms with Crippen LogP contribution in [0.5, 0.6) is 5.75 Å². The topological polar surface area (TPSA) is 36.3 Å². The van der Waals surface area contributed by atoms with Crippen LogP contribution < -0.4 is 4.74 Å². The molecule has 0 saturated carbocycles. The summed E-state index contributed by atoms with van der Waals surface area (Å²) in [5, 5.41) is 4.74. The van der Waals surface area contributed by atoms with E-state index in [1.54, 1.807) is 0 Å². The van der Waals surface area contributed by atoms with Gasteiger partial charge in [0, 0.05) is 18.2 Å². The Morgan fingerprint density at radius 1 is 0.821 bits per heavy atom. The van der Waals surface area contributed by atoms with Crippen molar-refractivity contribution in [2.45, 2.75) is 39.0 Å². The molecule has 0 saturated heterocycles. The van der Waals surface area contributed by atoms with Crippen molar-refractivity contribution in [1.82, 2.24) is 9.78 Å². The molecule has 28 heavy (non-hydrogen) atoms. The fraction of sp³-hybridized carbons (Fsp3) is 0.375. The summed E-state index contributed by atoms with van der Waals surface area (Å²) < 4.78 is 13.8. The van der Waals surface area contributed by atoms with Gasteiger partial charge < -0.3 is 9.47 Å². The molecule has 0 N–H and O–H groups in total. The Kier molecular flexibility index (Phi) is 7.68. The molecule has 0 fully saturated rings. The van der Waals surface area contributed by atoms with Gasteiger partial charge in [-0.3, -0.25) is 4.68 Å². The van der Waals surface area contributed by atoms with E-state index >= 15 is 0 Å². The smallest absolute Gasteiger partial charge is 0.189 e. The summed E-state index contributed by atoms with van der Waals surface area (Å²) in [5.74, 6) is 0.769. The maximum Gasteiger partial charge on any atom is 0.189 e. The van der Waals surface area contributed by atoms with Crippen molar-refractivity contribution in [3.63, 3.8) is 0 Å². The number of rotatable bonds is 11. The highest BCUT2D eigenvalue weighted by atomic mass is 16.7. The first-order valence-electron chi connectivity index (χ1n) is 10.2. The molecule has 0 spiro atoms. The lowest BCUT2D eigenvalue weighted by atomic mass is 10.1. The lowest BCUT2D eigenvalue weighted by molar-refractivity contribution is 0.0141. The van der Waals surface area contributed by atoms with Crippen LogP contribution in [0.4, 0.5) is 0 Å². The quantitative estimate of drug-likeness (QED) is 0.300. The average molecular weight is 379 g/mol. The van der Waals surface area contributed by atoms with E-state index in [1.807, 2.05) is 48.1 Å². The van der Waals surface area contributed by atoms with Gasteiger partial charge in [-0.25, -0.2) is 0 Å². The van der Waals surface area contributed by atoms with Gasteiger partial charge in [-0.15, -0.1) is 0 Å². The van der Waals surface area contributed by atoms with E-state index in [9.17, 15) is 0 Å². The van der Waals surface area contributed by atoms with Gasteiger partial charge >= 0.3 is 0 Å². The molecule has 3 rings (SSSR count). The molecule has 4 heteroatoms. The van der Waals surface area contributed by atoms with Crippen LogP contribution in [0.2, 0.25) is 0 Å². The summed E-state index contributed by atoms with van der Waals surface area (Å²) in [4.78, 5) is 0. The van der Waals surface area contributed by atoms with Crippen LogP contribution in [0, 0.1) is 0 Å². The minimum absolute atomic E-state index is 0.235. The monoisotopic (exact) mass is 378 g/mol. The van der Waals surface area contributed by atoms with Gasteiger partial charge in [-0.05, 0) is 6.42 Å². The van der Waals surface area contributed by atoms with E-state index in [0.717, 1.165) is 41.3 Å². The largest absolute Gasteiger partial charge is 0.463 e. The molecule has 0 aliphatic rings. The van der Waals surface area contributed by atoms with Crippen molar-refractivity contribution >= 4 is 0 Å². The fourth-order valence-electron chi connectivity index (χ4n) is 3.31. The second-order valence-corrected chi connectivity index (χ2v) is 6.97. The van der Waals surface area contributed by atoms with Gasteiger partial charge in [0.15, 0.2) is 12.5 Å². The average Bonchev–Trinajstić information content (AvgIpc) is 3.07. The standard InChI is InChI=1S/C24H30N2O2/c1-3-4-5-6-13-18-27-19-28-24-22(20-14-9-7-10-15-20)25-26(2)23(24)21-16-11-8-12-17-21/h7-12,14-17H,3-6,13,18-19H2,1-2H3. The van der Waals surface area contributed by atoms with Crippen molar-refractivity contribution in [1.29, 1.82) is 0 Å².